The zero-order valence-corrected chi connectivity index (χ0v) is 16.1. The number of halogens is 1. The van der Waals surface area contributed by atoms with Crippen LogP contribution in [0.4, 0.5) is 5.69 Å². The van der Waals surface area contributed by atoms with E-state index in [9.17, 15) is 8.42 Å². The van der Waals surface area contributed by atoms with Gasteiger partial charge in [0.2, 0.25) is 0 Å². The molecule has 0 spiro atoms. The fourth-order valence-corrected chi connectivity index (χ4v) is 3.80. The molecule has 0 atom stereocenters. The van der Waals surface area contributed by atoms with E-state index >= 15 is 0 Å². The minimum absolute atomic E-state index is 0.00707. The topological polar surface area (TPSA) is 68.7 Å². The Kier molecular flexibility index (Phi) is 6.32. The van der Waals surface area contributed by atoms with Crippen LogP contribution in [0.15, 0.2) is 41.4 Å². The second-order valence-electron chi connectivity index (χ2n) is 5.67. The number of sulfonamides is 1. The molecule has 2 rings (SSSR count). The van der Waals surface area contributed by atoms with Gasteiger partial charge in [-0.1, -0.05) is 11.6 Å². The third kappa shape index (κ3) is 4.65. The van der Waals surface area contributed by atoms with Crippen LogP contribution in [0.25, 0.3) is 0 Å². The van der Waals surface area contributed by atoms with Crippen LogP contribution in [0.2, 0.25) is 5.02 Å². The second kappa shape index (κ2) is 8.08. The molecule has 2 aromatic rings. The number of benzene rings is 1. The SMILES string of the molecule is Bc1ncc(Cl)cc1N(COC)S(=O)(=O)c1ccc(OC(C)C)cc1. The number of hydrogen-bond donors (Lipinski definition) is 0. The van der Waals surface area contributed by atoms with Crippen molar-refractivity contribution in [2.45, 2.75) is 24.8 Å². The van der Waals surface area contributed by atoms with Gasteiger partial charge in [0.05, 0.1) is 21.7 Å². The highest BCUT2D eigenvalue weighted by atomic mass is 35.5. The Morgan fingerprint density at radius 1 is 1.28 bits per heavy atom. The van der Waals surface area contributed by atoms with E-state index in [4.69, 9.17) is 21.1 Å². The third-order valence-corrected chi connectivity index (χ3v) is 5.28. The molecule has 0 aliphatic carbocycles. The van der Waals surface area contributed by atoms with Crippen LogP contribution in [-0.4, -0.2) is 41.2 Å². The summed E-state index contributed by atoms with van der Waals surface area (Å²) in [5.74, 6) is 0.604. The summed E-state index contributed by atoms with van der Waals surface area (Å²) in [6.45, 7) is 3.65. The summed E-state index contributed by atoms with van der Waals surface area (Å²) in [4.78, 5) is 4.25. The van der Waals surface area contributed by atoms with E-state index in [2.05, 4.69) is 4.98 Å². The predicted octanol–water partition coefficient (Wildman–Crippen LogP) is 1.58. The maximum atomic E-state index is 13.1. The average Bonchev–Trinajstić information content (AvgIpc) is 2.55. The van der Waals surface area contributed by atoms with Crippen LogP contribution in [0.1, 0.15) is 13.8 Å². The lowest BCUT2D eigenvalue weighted by atomic mass is 10.0. The first-order valence-corrected chi connectivity index (χ1v) is 9.48. The first-order chi connectivity index (χ1) is 11.8. The average molecular weight is 383 g/mol. The Labute approximate surface area is 154 Å². The van der Waals surface area contributed by atoms with Gasteiger partial charge in [-0.05, 0) is 44.2 Å². The van der Waals surface area contributed by atoms with Crippen LogP contribution in [-0.2, 0) is 14.8 Å². The summed E-state index contributed by atoms with van der Waals surface area (Å²) in [5, 5.41) is 0.345. The highest BCUT2D eigenvalue weighted by molar-refractivity contribution is 7.92. The lowest BCUT2D eigenvalue weighted by Gasteiger charge is -2.25. The number of hydrogen-bond acceptors (Lipinski definition) is 5. The normalized spacial score (nSPS) is 11.6. The third-order valence-electron chi connectivity index (χ3n) is 3.33. The minimum atomic E-state index is -3.85. The molecule has 1 aromatic heterocycles. The van der Waals surface area contributed by atoms with Crippen molar-refractivity contribution in [1.29, 1.82) is 0 Å². The van der Waals surface area contributed by atoms with Gasteiger partial charge in [-0.3, -0.25) is 4.98 Å². The molecule has 0 aliphatic rings. The molecule has 0 radical (unpaired) electrons. The molecule has 0 N–H and O–H groups in total. The van der Waals surface area contributed by atoms with Crippen LogP contribution < -0.4 is 14.6 Å². The van der Waals surface area contributed by atoms with Crippen molar-refractivity contribution in [2.24, 2.45) is 0 Å². The summed E-state index contributed by atoms with van der Waals surface area (Å²) in [5.41, 5.74) is 0.904. The zero-order chi connectivity index (χ0) is 18.6. The highest BCUT2D eigenvalue weighted by Crippen LogP contribution is 2.25. The van der Waals surface area contributed by atoms with Crippen LogP contribution in [0, 0.1) is 0 Å². The van der Waals surface area contributed by atoms with E-state index in [0.29, 0.717) is 22.1 Å². The van der Waals surface area contributed by atoms with Gasteiger partial charge in [-0.15, -0.1) is 0 Å². The van der Waals surface area contributed by atoms with Gasteiger partial charge in [0.1, 0.15) is 12.5 Å². The summed E-state index contributed by atoms with van der Waals surface area (Å²) < 4.78 is 37.9. The molecule has 0 unspecified atom stereocenters. The van der Waals surface area contributed by atoms with Crippen molar-refractivity contribution in [3.05, 3.63) is 41.6 Å². The quantitative estimate of drug-likeness (QED) is 0.537. The largest absolute Gasteiger partial charge is 0.491 e. The lowest BCUT2D eigenvalue weighted by Crippen LogP contribution is -2.36. The number of aromatic nitrogens is 1. The minimum Gasteiger partial charge on any atom is -0.491 e. The number of nitrogens with zero attached hydrogens (tertiary/aromatic N) is 2. The zero-order valence-electron chi connectivity index (χ0n) is 14.6. The summed E-state index contributed by atoms with van der Waals surface area (Å²) in [6, 6.07) is 7.81. The Balaban J connectivity index is 2.44. The first-order valence-electron chi connectivity index (χ1n) is 7.66. The molecular formula is C16H20BClN2O4S. The molecular weight excluding hydrogens is 363 g/mol. The fraction of sp³-hybridized carbons (Fsp3) is 0.312. The fourth-order valence-electron chi connectivity index (χ4n) is 2.22. The van der Waals surface area contributed by atoms with Gasteiger partial charge in [-0.2, -0.15) is 0 Å². The maximum absolute atomic E-state index is 13.1. The molecule has 0 amide bonds. The smallest absolute Gasteiger partial charge is 0.266 e. The van der Waals surface area contributed by atoms with Crippen molar-refractivity contribution in [1.82, 2.24) is 4.98 Å². The van der Waals surface area contributed by atoms with Gasteiger partial charge >= 0.3 is 0 Å². The summed E-state index contributed by atoms with van der Waals surface area (Å²) in [6.07, 6.45) is 1.48. The van der Waals surface area contributed by atoms with Crippen molar-refractivity contribution in [3.63, 3.8) is 0 Å². The summed E-state index contributed by atoms with van der Waals surface area (Å²) in [7, 11) is -0.709. The van der Waals surface area contributed by atoms with E-state index in [1.54, 1.807) is 26.0 Å². The summed E-state index contributed by atoms with van der Waals surface area (Å²) >= 11 is 5.99. The standard InChI is InChI=1S/C16H20BClN2O4S/c1-11(2)24-13-4-6-14(7-5-13)25(21,22)20(10-23-3)15-8-12(18)9-19-16(15)17/h4-9,11H,10,17H2,1-3H3. The second-order valence-corrected chi connectivity index (χ2v) is 7.97. The van der Waals surface area contributed by atoms with Gasteiger partial charge in [0, 0.05) is 18.9 Å². The molecule has 134 valence electrons. The molecule has 6 nitrogen and oxygen atoms in total. The van der Waals surface area contributed by atoms with E-state index in [1.807, 2.05) is 13.8 Å². The maximum Gasteiger partial charge on any atom is 0.266 e. The highest BCUT2D eigenvalue weighted by Gasteiger charge is 2.26. The van der Waals surface area contributed by atoms with Crippen molar-refractivity contribution >= 4 is 40.8 Å². The molecule has 0 fully saturated rings. The van der Waals surface area contributed by atoms with Gasteiger partial charge in [-0.25, -0.2) is 12.7 Å². The van der Waals surface area contributed by atoms with Crippen LogP contribution >= 0.6 is 11.6 Å². The molecule has 0 saturated carbocycles. The molecule has 1 heterocycles. The van der Waals surface area contributed by atoms with Gasteiger partial charge in [0.25, 0.3) is 10.0 Å². The Hall–Kier alpha value is -1.77. The molecule has 25 heavy (non-hydrogen) atoms. The Bertz CT molecular complexity index is 829. The molecule has 0 saturated heterocycles. The van der Waals surface area contributed by atoms with Crippen molar-refractivity contribution in [2.75, 3.05) is 18.1 Å². The molecule has 0 aliphatic heterocycles. The predicted molar refractivity (Wildman–Crippen MR) is 101 cm³/mol. The van der Waals surface area contributed by atoms with E-state index < -0.39 is 10.0 Å². The number of anilines is 1. The number of ether oxygens (including phenoxy) is 2. The number of pyridine rings is 1. The first kappa shape index (κ1) is 19.6. The monoisotopic (exact) mass is 382 g/mol. The Morgan fingerprint density at radius 2 is 1.92 bits per heavy atom. The van der Waals surface area contributed by atoms with Crippen molar-refractivity contribution < 1.29 is 17.9 Å². The van der Waals surface area contributed by atoms with Crippen molar-refractivity contribution in [3.8, 4) is 5.75 Å². The van der Waals surface area contributed by atoms with E-state index in [-0.39, 0.29) is 17.7 Å². The molecule has 9 heteroatoms. The molecule has 1 aromatic carbocycles. The molecule has 0 bridgehead atoms. The van der Waals surface area contributed by atoms with Crippen LogP contribution in [0.5, 0.6) is 5.75 Å². The van der Waals surface area contributed by atoms with E-state index in [0.717, 1.165) is 4.31 Å². The number of methoxy groups -OCH3 is 1. The Morgan fingerprint density at radius 3 is 2.48 bits per heavy atom. The van der Waals surface area contributed by atoms with E-state index in [1.165, 1.54) is 25.4 Å². The van der Waals surface area contributed by atoms with Gasteiger partial charge < -0.3 is 9.47 Å². The van der Waals surface area contributed by atoms with Gasteiger partial charge in [0.15, 0.2) is 7.85 Å². The lowest BCUT2D eigenvalue weighted by molar-refractivity contribution is 0.210. The van der Waals surface area contributed by atoms with Crippen LogP contribution in [0.3, 0.4) is 0 Å². The number of rotatable bonds is 7.